The van der Waals surface area contributed by atoms with Crippen LogP contribution in [0.25, 0.3) is 22.3 Å². The third-order valence-electron chi connectivity index (χ3n) is 7.44. The van der Waals surface area contributed by atoms with E-state index >= 15 is 0 Å². The molecule has 0 amide bonds. The SMILES string of the molecule is COc1cc(O)cc(-c2oc3cc(O)cc(O)c3c(=O)c2OC2OC(COC3OC(C)C(O)C(O)C3O)C(O)C(O)C2O)c1. The Labute approximate surface area is 248 Å². The van der Waals surface area contributed by atoms with E-state index < -0.39 is 96.1 Å². The molecule has 2 saturated heterocycles. The molecule has 44 heavy (non-hydrogen) atoms. The van der Waals surface area contributed by atoms with Crippen molar-refractivity contribution in [3.8, 4) is 40.1 Å². The van der Waals surface area contributed by atoms with Crippen LogP contribution in [0.4, 0.5) is 0 Å². The van der Waals surface area contributed by atoms with Crippen LogP contribution in [0.15, 0.2) is 39.5 Å². The molecule has 16 heteroatoms. The molecule has 240 valence electrons. The Bertz CT molecular complexity index is 1560. The summed E-state index contributed by atoms with van der Waals surface area (Å²) in [5.41, 5.74) is -1.23. The summed E-state index contributed by atoms with van der Waals surface area (Å²) in [6.07, 6.45) is -16.1. The van der Waals surface area contributed by atoms with Gasteiger partial charge in [-0.25, -0.2) is 0 Å². The highest BCUT2D eigenvalue weighted by atomic mass is 16.7. The lowest BCUT2D eigenvalue weighted by Gasteiger charge is -2.42. The van der Waals surface area contributed by atoms with Crippen LogP contribution in [0.1, 0.15) is 6.92 Å². The number of hydrogen-bond donors (Lipinski definition) is 9. The minimum Gasteiger partial charge on any atom is -0.508 e. The maximum absolute atomic E-state index is 13.7. The summed E-state index contributed by atoms with van der Waals surface area (Å²) in [4.78, 5) is 13.7. The number of methoxy groups -OCH3 is 1. The van der Waals surface area contributed by atoms with Gasteiger partial charge in [0.15, 0.2) is 12.1 Å². The van der Waals surface area contributed by atoms with E-state index in [1.165, 1.54) is 32.2 Å². The number of phenolic OH excluding ortho intramolecular Hbond substituents is 3. The Hall–Kier alpha value is -3.71. The summed E-state index contributed by atoms with van der Waals surface area (Å²) in [6.45, 7) is 0.838. The average Bonchev–Trinajstić information content (AvgIpc) is 2.98. The summed E-state index contributed by atoms with van der Waals surface area (Å²) in [6, 6.07) is 5.77. The smallest absolute Gasteiger partial charge is 0.239 e. The van der Waals surface area contributed by atoms with Gasteiger partial charge in [-0.1, -0.05) is 0 Å². The van der Waals surface area contributed by atoms with Crippen LogP contribution in [-0.4, -0.2) is 121 Å². The number of hydrogen-bond acceptors (Lipinski definition) is 16. The van der Waals surface area contributed by atoms with Crippen LogP contribution < -0.4 is 14.9 Å². The van der Waals surface area contributed by atoms with Crippen LogP contribution in [-0.2, 0) is 14.2 Å². The van der Waals surface area contributed by atoms with Gasteiger partial charge >= 0.3 is 0 Å². The minimum atomic E-state index is -1.95. The fraction of sp³-hybridized carbons (Fsp3) is 0.464. The first-order valence-electron chi connectivity index (χ1n) is 13.4. The highest BCUT2D eigenvalue weighted by molar-refractivity contribution is 5.88. The molecule has 3 aromatic rings. The highest BCUT2D eigenvalue weighted by Gasteiger charge is 2.47. The second-order valence-electron chi connectivity index (χ2n) is 10.5. The monoisotopic (exact) mass is 624 g/mol. The number of phenols is 3. The van der Waals surface area contributed by atoms with E-state index in [4.69, 9.17) is 28.1 Å². The topological polar surface area (TPSA) is 258 Å². The van der Waals surface area contributed by atoms with Gasteiger partial charge in [0, 0.05) is 23.8 Å². The van der Waals surface area contributed by atoms with Gasteiger partial charge in [-0.05, 0) is 19.1 Å². The van der Waals surface area contributed by atoms with Crippen molar-refractivity contribution in [1.29, 1.82) is 0 Å². The van der Waals surface area contributed by atoms with Crippen LogP contribution in [0.5, 0.6) is 28.7 Å². The molecule has 2 fully saturated rings. The van der Waals surface area contributed by atoms with Crippen molar-refractivity contribution >= 4 is 11.0 Å². The Morgan fingerprint density at radius 2 is 1.43 bits per heavy atom. The van der Waals surface area contributed by atoms with Gasteiger partial charge < -0.3 is 74.1 Å². The molecule has 10 atom stereocenters. The number of fused-ring (bicyclic) bond motifs is 1. The zero-order valence-electron chi connectivity index (χ0n) is 23.3. The summed E-state index contributed by atoms with van der Waals surface area (Å²) in [5.74, 6) is -2.26. The molecule has 2 aromatic carbocycles. The largest absolute Gasteiger partial charge is 0.508 e. The number of aromatic hydroxyl groups is 3. The molecule has 9 N–H and O–H groups in total. The molecule has 0 saturated carbocycles. The summed E-state index contributed by atoms with van der Waals surface area (Å²) in [5, 5.41) is 92.2. The minimum absolute atomic E-state index is 0.0303. The van der Waals surface area contributed by atoms with Crippen LogP contribution in [0, 0.1) is 0 Å². The van der Waals surface area contributed by atoms with Gasteiger partial charge in [-0.15, -0.1) is 0 Å². The molecule has 10 unspecified atom stereocenters. The third-order valence-corrected chi connectivity index (χ3v) is 7.44. The standard InChI is InChI=1S/C28H32O16/c1-9-18(32)21(35)23(37)27(41-9)40-8-16-19(33)22(36)24(38)28(43-16)44-26-20(34)17-14(31)6-12(30)7-15(17)42-25(26)10-3-11(29)5-13(4-10)39-2/h3-7,9,16,18-19,21-24,27-33,35-38H,8H2,1-2H3. The van der Waals surface area contributed by atoms with E-state index in [1.807, 2.05) is 0 Å². The zero-order valence-corrected chi connectivity index (χ0v) is 23.3. The molecule has 1 aromatic heterocycles. The maximum atomic E-state index is 13.7. The van der Waals surface area contributed by atoms with Crippen molar-refractivity contribution in [3.05, 3.63) is 40.6 Å². The van der Waals surface area contributed by atoms with Crippen molar-refractivity contribution in [2.75, 3.05) is 13.7 Å². The van der Waals surface area contributed by atoms with E-state index in [0.717, 1.165) is 12.1 Å². The molecule has 0 radical (unpaired) electrons. The van der Waals surface area contributed by atoms with Gasteiger partial charge in [0.2, 0.25) is 17.5 Å². The first-order chi connectivity index (χ1) is 20.8. The third kappa shape index (κ3) is 5.86. The van der Waals surface area contributed by atoms with Gasteiger partial charge in [0.05, 0.1) is 19.8 Å². The molecule has 3 heterocycles. The summed E-state index contributed by atoms with van der Waals surface area (Å²) < 4.78 is 33.2. The number of rotatable bonds is 7. The second-order valence-corrected chi connectivity index (χ2v) is 10.5. The molecule has 0 aliphatic carbocycles. The van der Waals surface area contributed by atoms with Gasteiger partial charge in [0.1, 0.15) is 76.7 Å². The van der Waals surface area contributed by atoms with Crippen LogP contribution in [0.3, 0.4) is 0 Å². The fourth-order valence-electron chi connectivity index (χ4n) is 5.01. The molecule has 2 aliphatic heterocycles. The zero-order chi connectivity index (χ0) is 32.0. The number of benzene rings is 2. The predicted molar refractivity (Wildman–Crippen MR) is 145 cm³/mol. The van der Waals surface area contributed by atoms with E-state index in [0.29, 0.717) is 0 Å². The van der Waals surface area contributed by atoms with Gasteiger partial charge in [-0.3, -0.25) is 4.79 Å². The van der Waals surface area contributed by atoms with Crippen LogP contribution >= 0.6 is 0 Å². The number of ether oxygens (including phenoxy) is 5. The predicted octanol–water partition coefficient (Wildman–Crippen LogP) is -1.38. The molecule has 5 rings (SSSR count). The second kappa shape index (κ2) is 12.4. The number of aliphatic hydroxyl groups excluding tert-OH is 6. The van der Waals surface area contributed by atoms with E-state index in [1.54, 1.807) is 0 Å². The van der Waals surface area contributed by atoms with E-state index in [-0.39, 0.29) is 28.4 Å². The quantitative estimate of drug-likeness (QED) is 0.147. The first-order valence-corrected chi connectivity index (χ1v) is 13.4. The molecule has 2 aliphatic rings. The van der Waals surface area contributed by atoms with Gasteiger partial charge in [-0.2, -0.15) is 0 Å². The molecule has 0 spiro atoms. The van der Waals surface area contributed by atoms with E-state index in [9.17, 15) is 50.8 Å². The van der Waals surface area contributed by atoms with Crippen molar-refractivity contribution in [2.45, 2.75) is 68.3 Å². The highest BCUT2D eigenvalue weighted by Crippen LogP contribution is 2.39. The summed E-state index contributed by atoms with van der Waals surface area (Å²) in [7, 11) is 1.32. The first kappa shape index (κ1) is 31.7. The van der Waals surface area contributed by atoms with Crippen molar-refractivity contribution in [2.24, 2.45) is 0 Å². The molecule has 0 bridgehead atoms. The van der Waals surface area contributed by atoms with Gasteiger partial charge in [0.25, 0.3) is 0 Å². The fourth-order valence-corrected chi connectivity index (χ4v) is 5.01. The molecular weight excluding hydrogens is 592 g/mol. The Morgan fingerprint density at radius 3 is 2.14 bits per heavy atom. The maximum Gasteiger partial charge on any atom is 0.239 e. The van der Waals surface area contributed by atoms with Crippen molar-refractivity contribution in [3.63, 3.8) is 0 Å². The van der Waals surface area contributed by atoms with Crippen molar-refractivity contribution < 1.29 is 74.1 Å². The Balaban J connectivity index is 1.49. The number of aliphatic hydroxyl groups is 6. The Kier molecular flexibility index (Phi) is 8.90. The Morgan fingerprint density at radius 1 is 0.773 bits per heavy atom. The van der Waals surface area contributed by atoms with Crippen LogP contribution in [0.2, 0.25) is 0 Å². The molecular formula is C28H32O16. The normalized spacial score (nSPS) is 32.5. The van der Waals surface area contributed by atoms with E-state index in [2.05, 4.69) is 0 Å². The molecule has 16 nitrogen and oxygen atoms in total. The van der Waals surface area contributed by atoms with Crippen molar-refractivity contribution in [1.82, 2.24) is 0 Å². The lowest BCUT2D eigenvalue weighted by Crippen LogP contribution is -2.61. The lowest BCUT2D eigenvalue weighted by molar-refractivity contribution is -0.318. The summed E-state index contributed by atoms with van der Waals surface area (Å²) >= 11 is 0. The average molecular weight is 625 g/mol. The lowest BCUT2D eigenvalue weighted by atomic mass is 9.98.